The first kappa shape index (κ1) is 39.9. The number of ether oxygens (including phenoxy) is 3. The molecule has 3 aromatic rings. The van der Waals surface area contributed by atoms with Gasteiger partial charge in [-0.2, -0.15) is 0 Å². The molecule has 1 aliphatic heterocycles. The summed E-state index contributed by atoms with van der Waals surface area (Å²) < 4.78 is 20.1. The standard InChI is InChI=1S/C44H56N2O7S/c1-6-24-50-44-39(54-33-20-18-29-14-8-9-15-30(29)25-33)28-37(46-53-43(3,4)5)35-26-31(16-10-12-22-47)34(17-11-13-23-48)40(41(35)44)36-27-32(19-21-38(36)52-44)51-42(49)45-7-2/h6,8-9,14-15,18-21,25-27,31,34,39-41,47-48H,1,7,10-13,16-17,22-24,28H2,2-5H3,(H,45,49)/t31-,34+,39-,40+,41+,44+/m0/s1. The van der Waals surface area contributed by atoms with Crippen LogP contribution in [0.25, 0.3) is 10.8 Å². The molecule has 9 nitrogen and oxygen atoms in total. The minimum absolute atomic E-state index is 0.117. The average molecular weight is 757 g/mol. The molecule has 0 radical (unpaired) electrons. The SMILES string of the molecule is C=CCO[C@@]12Oc3ccc(OC(=O)NCC)cc3[C@H]3[C@H](CCCCO)[C@@H](CCCCO)C=C(C(=NOC(C)(C)C)C[C@@H]1Sc1ccc4ccccc4c1)[C@H]32. The van der Waals surface area contributed by atoms with Gasteiger partial charge in [0.15, 0.2) is 0 Å². The molecule has 0 spiro atoms. The first-order valence-corrected chi connectivity index (χ1v) is 20.4. The van der Waals surface area contributed by atoms with Crippen molar-refractivity contribution in [2.75, 3.05) is 26.4 Å². The number of amides is 1. The van der Waals surface area contributed by atoms with E-state index in [0.717, 1.165) is 52.8 Å². The first-order valence-electron chi connectivity index (χ1n) is 19.5. The Kier molecular flexibility index (Phi) is 13.1. The van der Waals surface area contributed by atoms with E-state index in [0.29, 0.717) is 37.3 Å². The number of fused-ring (bicyclic) bond motifs is 3. The van der Waals surface area contributed by atoms with Crippen LogP contribution in [0.5, 0.6) is 11.5 Å². The topological polar surface area (TPSA) is 119 Å². The summed E-state index contributed by atoms with van der Waals surface area (Å²) in [6, 6.07) is 20.6. The number of allylic oxidation sites excluding steroid dienone is 1. The number of nitrogens with zero attached hydrogens (tertiary/aromatic N) is 1. The van der Waals surface area contributed by atoms with E-state index in [1.165, 1.54) is 5.39 Å². The third kappa shape index (κ3) is 8.83. The monoisotopic (exact) mass is 756 g/mol. The predicted molar refractivity (Wildman–Crippen MR) is 215 cm³/mol. The quantitative estimate of drug-likeness (QED) is 0.0753. The molecule has 2 aliphatic carbocycles. The van der Waals surface area contributed by atoms with Crippen LogP contribution in [-0.2, 0) is 9.57 Å². The van der Waals surface area contributed by atoms with Crippen molar-refractivity contribution < 1.29 is 34.1 Å². The molecule has 0 saturated heterocycles. The van der Waals surface area contributed by atoms with Crippen LogP contribution in [0.4, 0.5) is 4.79 Å². The molecule has 1 fully saturated rings. The van der Waals surface area contributed by atoms with Gasteiger partial charge in [-0.1, -0.05) is 60.5 Å². The van der Waals surface area contributed by atoms with Crippen LogP contribution in [0.1, 0.15) is 84.1 Å². The molecule has 10 heteroatoms. The second-order valence-corrected chi connectivity index (χ2v) is 16.8. The van der Waals surface area contributed by atoms with Crippen LogP contribution in [0.15, 0.2) is 95.0 Å². The van der Waals surface area contributed by atoms with E-state index < -0.39 is 17.5 Å². The fourth-order valence-electron chi connectivity index (χ4n) is 8.37. The van der Waals surface area contributed by atoms with Crippen LogP contribution in [0, 0.1) is 17.8 Å². The van der Waals surface area contributed by atoms with Gasteiger partial charge in [-0.25, -0.2) is 4.79 Å². The zero-order chi connectivity index (χ0) is 38.3. The number of aliphatic hydroxyl groups excluding tert-OH is 2. The van der Waals surface area contributed by atoms with Crippen LogP contribution >= 0.6 is 11.8 Å². The Morgan fingerprint density at radius 1 is 1.04 bits per heavy atom. The van der Waals surface area contributed by atoms with Crippen molar-refractivity contribution in [2.45, 2.75) is 100 Å². The highest BCUT2D eigenvalue weighted by Gasteiger charge is 2.64. The molecular formula is C44H56N2O7S. The predicted octanol–water partition coefficient (Wildman–Crippen LogP) is 9.17. The van der Waals surface area contributed by atoms with Crippen LogP contribution < -0.4 is 14.8 Å². The molecule has 0 unspecified atom stereocenters. The highest BCUT2D eigenvalue weighted by molar-refractivity contribution is 8.00. The van der Waals surface area contributed by atoms with Gasteiger partial charge in [-0.3, -0.25) is 0 Å². The lowest BCUT2D eigenvalue weighted by molar-refractivity contribution is -0.223. The van der Waals surface area contributed by atoms with E-state index in [2.05, 4.69) is 60.4 Å². The summed E-state index contributed by atoms with van der Waals surface area (Å²) in [6.45, 7) is 12.9. The van der Waals surface area contributed by atoms with Crippen molar-refractivity contribution in [2.24, 2.45) is 22.9 Å². The van der Waals surface area contributed by atoms with Crippen LogP contribution in [0.2, 0.25) is 0 Å². The molecule has 0 bridgehead atoms. The molecule has 0 aromatic heterocycles. The fourth-order valence-corrected chi connectivity index (χ4v) is 9.71. The van der Waals surface area contributed by atoms with Crippen molar-refractivity contribution in [3.05, 3.63) is 90.5 Å². The molecule has 290 valence electrons. The second kappa shape index (κ2) is 17.8. The van der Waals surface area contributed by atoms with Crippen molar-refractivity contribution in [3.63, 3.8) is 0 Å². The highest BCUT2D eigenvalue weighted by Crippen LogP contribution is 2.63. The van der Waals surface area contributed by atoms with E-state index in [1.54, 1.807) is 23.9 Å². The average Bonchev–Trinajstić information content (AvgIpc) is 3.15. The summed E-state index contributed by atoms with van der Waals surface area (Å²) in [6.07, 6.45) is 9.05. The number of benzene rings is 3. The minimum Gasteiger partial charge on any atom is -0.460 e. The maximum absolute atomic E-state index is 12.6. The summed E-state index contributed by atoms with van der Waals surface area (Å²) in [5.74, 6) is -0.128. The largest absolute Gasteiger partial charge is 0.460 e. The molecule has 3 N–H and O–H groups in total. The number of hydrogen-bond acceptors (Lipinski definition) is 9. The number of thioether (sulfide) groups is 1. The van der Waals surface area contributed by atoms with Gasteiger partial charge < -0.3 is 34.6 Å². The Morgan fingerprint density at radius 3 is 2.52 bits per heavy atom. The fraction of sp³-hybridized carbons (Fsp3) is 0.500. The lowest BCUT2D eigenvalue weighted by atomic mass is 9.56. The van der Waals surface area contributed by atoms with Crippen molar-refractivity contribution in [1.82, 2.24) is 5.32 Å². The summed E-state index contributed by atoms with van der Waals surface area (Å²) in [5.41, 5.74) is 2.37. The Morgan fingerprint density at radius 2 is 1.80 bits per heavy atom. The Bertz CT molecular complexity index is 1840. The Balaban J connectivity index is 1.57. The van der Waals surface area contributed by atoms with Gasteiger partial charge >= 0.3 is 6.09 Å². The van der Waals surface area contributed by atoms with E-state index in [-0.39, 0.29) is 48.7 Å². The molecule has 3 aliphatic rings. The number of carbonyl (C=O) groups is 1. The third-order valence-corrected chi connectivity index (χ3v) is 11.9. The molecule has 6 atom stereocenters. The maximum Gasteiger partial charge on any atom is 0.412 e. The molecule has 6 rings (SSSR count). The number of aliphatic hydroxyl groups is 2. The summed E-state index contributed by atoms with van der Waals surface area (Å²) in [5, 5.41) is 29.4. The van der Waals surface area contributed by atoms with E-state index in [9.17, 15) is 15.0 Å². The maximum atomic E-state index is 12.6. The smallest absolute Gasteiger partial charge is 0.412 e. The zero-order valence-corrected chi connectivity index (χ0v) is 32.9. The van der Waals surface area contributed by atoms with E-state index in [1.807, 2.05) is 39.8 Å². The zero-order valence-electron chi connectivity index (χ0n) is 32.1. The van der Waals surface area contributed by atoms with Crippen molar-refractivity contribution >= 4 is 34.3 Å². The first-order chi connectivity index (χ1) is 26.1. The van der Waals surface area contributed by atoms with E-state index >= 15 is 0 Å². The Hall–Kier alpha value is -3.83. The number of carbonyl (C=O) groups excluding carboxylic acids is 1. The summed E-state index contributed by atoms with van der Waals surface area (Å²) >= 11 is 1.74. The van der Waals surface area contributed by atoms with Gasteiger partial charge in [-0.15, -0.1) is 18.3 Å². The van der Waals surface area contributed by atoms with Gasteiger partial charge in [0.05, 0.1) is 23.5 Å². The number of hydrogen-bond donors (Lipinski definition) is 3. The number of oxime groups is 1. The lowest BCUT2D eigenvalue weighted by Gasteiger charge is -2.58. The van der Waals surface area contributed by atoms with Crippen LogP contribution in [-0.4, -0.2) is 65.0 Å². The number of unbranched alkanes of at least 4 members (excludes halogenated alkanes) is 2. The van der Waals surface area contributed by atoms with Gasteiger partial charge in [0.2, 0.25) is 5.79 Å². The molecule has 1 amide bonds. The van der Waals surface area contributed by atoms with Gasteiger partial charge in [-0.05, 0) is 112 Å². The van der Waals surface area contributed by atoms with Crippen LogP contribution in [0.3, 0.4) is 0 Å². The molecular weight excluding hydrogens is 701 g/mol. The van der Waals surface area contributed by atoms with Gasteiger partial charge in [0.1, 0.15) is 17.1 Å². The van der Waals surface area contributed by atoms with Crippen molar-refractivity contribution in [3.8, 4) is 11.5 Å². The van der Waals surface area contributed by atoms with Gasteiger partial charge in [0, 0.05) is 42.6 Å². The minimum atomic E-state index is -1.12. The molecule has 54 heavy (non-hydrogen) atoms. The number of nitrogens with one attached hydrogen (secondary N) is 1. The highest BCUT2D eigenvalue weighted by atomic mass is 32.2. The normalized spacial score (nSPS) is 25.3. The second-order valence-electron chi connectivity index (χ2n) is 15.5. The third-order valence-electron chi connectivity index (χ3n) is 10.6. The molecule has 1 heterocycles. The Labute approximate surface area is 324 Å². The molecule has 3 aromatic carbocycles. The summed E-state index contributed by atoms with van der Waals surface area (Å²) in [4.78, 5) is 20.0. The number of rotatable bonds is 16. The lowest BCUT2D eigenvalue weighted by Crippen LogP contribution is -2.64. The van der Waals surface area contributed by atoms with Crippen molar-refractivity contribution in [1.29, 1.82) is 0 Å². The van der Waals surface area contributed by atoms with E-state index in [4.69, 9.17) is 24.2 Å². The molecule has 1 saturated carbocycles. The summed E-state index contributed by atoms with van der Waals surface area (Å²) in [7, 11) is 0. The van der Waals surface area contributed by atoms with Gasteiger partial charge in [0.25, 0.3) is 0 Å².